The third-order valence-corrected chi connectivity index (χ3v) is 6.19. The lowest BCUT2D eigenvalue weighted by Crippen LogP contribution is -2.40. The first-order valence-corrected chi connectivity index (χ1v) is 10.4. The first-order chi connectivity index (χ1) is 14.1. The van der Waals surface area contributed by atoms with Gasteiger partial charge in [0.15, 0.2) is 0 Å². The Morgan fingerprint density at radius 2 is 1.86 bits per heavy atom. The Bertz CT molecular complexity index is 824. The van der Waals surface area contributed by atoms with E-state index >= 15 is 0 Å². The van der Waals surface area contributed by atoms with Crippen molar-refractivity contribution < 1.29 is 14.3 Å². The third-order valence-electron chi connectivity index (χ3n) is 6.19. The minimum atomic E-state index is -0.136. The number of ether oxygens (including phenoxy) is 2. The van der Waals surface area contributed by atoms with Crippen LogP contribution in [-0.2, 0) is 16.1 Å². The molecular formula is C24H30N2O3. The number of nitrogens with zero attached hydrogens (tertiary/aromatic N) is 2. The van der Waals surface area contributed by atoms with E-state index < -0.39 is 0 Å². The molecule has 4 rings (SSSR count). The van der Waals surface area contributed by atoms with E-state index in [1.54, 1.807) is 7.11 Å². The fourth-order valence-corrected chi connectivity index (χ4v) is 4.60. The Morgan fingerprint density at radius 3 is 2.59 bits per heavy atom. The molecule has 0 aliphatic carbocycles. The molecule has 0 bridgehead atoms. The summed E-state index contributed by atoms with van der Waals surface area (Å²) in [7, 11) is 1.68. The van der Waals surface area contributed by atoms with Gasteiger partial charge >= 0.3 is 0 Å². The Labute approximate surface area is 173 Å². The summed E-state index contributed by atoms with van der Waals surface area (Å²) in [6, 6.07) is 18.6. The lowest BCUT2D eigenvalue weighted by Gasteiger charge is -2.33. The fraction of sp³-hybridized carbons (Fsp3) is 0.458. The van der Waals surface area contributed by atoms with Crippen molar-refractivity contribution in [2.24, 2.45) is 5.41 Å². The normalized spacial score (nSPS) is 23.9. The molecule has 2 saturated heterocycles. The highest BCUT2D eigenvalue weighted by Crippen LogP contribution is 2.38. The van der Waals surface area contributed by atoms with Crippen LogP contribution in [0.3, 0.4) is 0 Å². The second-order valence-electron chi connectivity index (χ2n) is 8.40. The molecule has 1 spiro atoms. The van der Waals surface area contributed by atoms with Gasteiger partial charge in [-0.3, -0.25) is 9.69 Å². The molecule has 0 unspecified atom stereocenters. The maximum atomic E-state index is 12.9. The molecule has 154 valence electrons. The Kier molecular flexibility index (Phi) is 5.88. The maximum absolute atomic E-state index is 12.9. The Morgan fingerprint density at radius 1 is 1.10 bits per heavy atom. The van der Waals surface area contributed by atoms with Crippen LogP contribution < -0.4 is 4.74 Å². The summed E-state index contributed by atoms with van der Waals surface area (Å²) >= 11 is 0. The standard InChI is InChI=1S/C24H30N2O3/c1-19(21-6-4-3-5-7-21)26-17-24(14-23(26)27)16-25(12-13-29-18-24)15-20-8-10-22(28-2)11-9-20/h3-11,19H,12-18H2,1-2H3/t19-,24-/m0/s1. The van der Waals surface area contributed by atoms with Gasteiger partial charge in [-0.25, -0.2) is 0 Å². The number of amides is 1. The van der Waals surface area contributed by atoms with Crippen LogP contribution in [0.4, 0.5) is 0 Å². The molecule has 2 atom stereocenters. The largest absolute Gasteiger partial charge is 0.497 e. The summed E-state index contributed by atoms with van der Waals surface area (Å²) in [5, 5.41) is 0. The molecule has 0 saturated carbocycles. The van der Waals surface area contributed by atoms with Gasteiger partial charge in [0.1, 0.15) is 5.75 Å². The molecular weight excluding hydrogens is 364 g/mol. The van der Waals surface area contributed by atoms with Crippen LogP contribution in [0.1, 0.15) is 30.5 Å². The van der Waals surface area contributed by atoms with Gasteiger partial charge in [-0.05, 0) is 30.2 Å². The van der Waals surface area contributed by atoms with E-state index in [-0.39, 0.29) is 17.4 Å². The quantitative estimate of drug-likeness (QED) is 0.778. The molecule has 5 nitrogen and oxygen atoms in total. The second-order valence-corrected chi connectivity index (χ2v) is 8.40. The van der Waals surface area contributed by atoms with Gasteiger partial charge in [-0.1, -0.05) is 42.5 Å². The first-order valence-electron chi connectivity index (χ1n) is 10.4. The average molecular weight is 395 g/mol. The summed E-state index contributed by atoms with van der Waals surface area (Å²) in [6.45, 7) is 6.85. The number of methoxy groups -OCH3 is 1. The zero-order chi connectivity index (χ0) is 20.3. The van der Waals surface area contributed by atoms with Crippen molar-refractivity contribution in [3.05, 3.63) is 65.7 Å². The van der Waals surface area contributed by atoms with Gasteiger partial charge in [-0.2, -0.15) is 0 Å². The van der Waals surface area contributed by atoms with Crippen molar-refractivity contribution in [1.82, 2.24) is 9.80 Å². The topological polar surface area (TPSA) is 42.0 Å². The summed E-state index contributed by atoms with van der Waals surface area (Å²) in [5.41, 5.74) is 2.30. The van der Waals surface area contributed by atoms with E-state index in [9.17, 15) is 4.79 Å². The predicted octanol–water partition coefficient (Wildman–Crippen LogP) is 3.51. The van der Waals surface area contributed by atoms with Crippen LogP contribution in [0.25, 0.3) is 0 Å². The highest BCUT2D eigenvalue weighted by Gasteiger charge is 2.46. The number of benzene rings is 2. The van der Waals surface area contributed by atoms with Gasteiger partial charge in [0.2, 0.25) is 5.91 Å². The molecule has 0 aromatic heterocycles. The molecule has 0 N–H and O–H groups in total. The number of hydrogen-bond acceptors (Lipinski definition) is 4. The van der Waals surface area contributed by atoms with Crippen LogP contribution >= 0.6 is 0 Å². The molecule has 1 amide bonds. The second kappa shape index (κ2) is 8.56. The van der Waals surface area contributed by atoms with E-state index in [0.717, 1.165) is 31.9 Å². The zero-order valence-corrected chi connectivity index (χ0v) is 17.3. The number of likely N-dealkylation sites (tertiary alicyclic amines) is 1. The van der Waals surface area contributed by atoms with Gasteiger partial charge in [-0.15, -0.1) is 0 Å². The maximum Gasteiger partial charge on any atom is 0.223 e. The van der Waals surface area contributed by atoms with E-state index in [1.165, 1.54) is 11.1 Å². The van der Waals surface area contributed by atoms with Crippen molar-refractivity contribution in [1.29, 1.82) is 0 Å². The molecule has 2 aliphatic rings. The van der Waals surface area contributed by atoms with Crippen LogP contribution in [0.15, 0.2) is 54.6 Å². The predicted molar refractivity (Wildman–Crippen MR) is 113 cm³/mol. The van der Waals surface area contributed by atoms with E-state index in [0.29, 0.717) is 19.6 Å². The van der Waals surface area contributed by atoms with Crippen LogP contribution in [0, 0.1) is 5.41 Å². The van der Waals surface area contributed by atoms with Crippen LogP contribution in [-0.4, -0.2) is 55.7 Å². The van der Waals surface area contributed by atoms with Gasteiger partial charge in [0.05, 0.1) is 26.4 Å². The smallest absolute Gasteiger partial charge is 0.223 e. The van der Waals surface area contributed by atoms with Crippen molar-refractivity contribution in [2.75, 3.05) is 40.0 Å². The SMILES string of the molecule is COc1ccc(CN2CCOC[C@@]3(CC(=O)N([C@@H](C)c4ccccc4)C3)C2)cc1. The summed E-state index contributed by atoms with van der Waals surface area (Å²) in [6.07, 6.45) is 0.559. The molecule has 2 heterocycles. The summed E-state index contributed by atoms with van der Waals surface area (Å²) < 4.78 is 11.2. The molecule has 0 radical (unpaired) electrons. The monoisotopic (exact) mass is 394 g/mol. The number of carbonyl (C=O) groups is 1. The van der Waals surface area contributed by atoms with Crippen molar-refractivity contribution in [3.8, 4) is 5.75 Å². The van der Waals surface area contributed by atoms with E-state index in [4.69, 9.17) is 9.47 Å². The van der Waals surface area contributed by atoms with Gasteiger partial charge < -0.3 is 14.4 Å². The van der Waals surface area contributed by atoms with E-state index in [1.807, 2.05) is 35.2 Å². The Hall–Kier alpha value is -2.37. The third kappa shape index (κ3) is 4.46. The van der Waals surface area contributed by atoms with E-state index in [2.05, 4.69) is 36.1 Å². The fourth-order valence-electron chi connectivity index (χ4n) is 4.60. The lowest BCUT2D eigenvalue weighted by molar-refractivity contribution is -0.129. The first kappa shape index (κ1) is 19.9. The van der Waals surface area contributed by atoms with Crippen molar-refractivity contribution >= 4 is 5.91 Å². The molecule has 29 heavy (non-hydrogen) atoms. The number of hydrogen-bond donors (Lipinski definition) is 0. The minimum absolute atomic E-state index is 0.0846. The lowest BCUT2D eigenvalue weighted by atomic mass is 9.87. The number of rotatable bonds is 5. The average Bonchev–Trinajstić information content (AvgIpc) is 2.94. The van der Waals surface area contributed by atoms with Crippen LogP contribution in [0.5, 0.6) is 5.75 Å². The van der Waals surface area contributed by atoms with Gasteiger partial charge in [0.25, 0.3) is 0 Å². The molecule has 2 fully saturated rings. The van der Waals surface area contributed by atoms with Crippen molar-refractivity contribution in [3.63, 3.8) is 0 Å². The highest BCUT2D eigenvalue weighted by molar-refractivity contribution is 5.80. The molecule has 5 heteroatoms. The zero-order valence-electron chi connectivity index (χ0n) is 17.3. The molecule has 2 aromatic rings. The van der Waals surface area contributed by atoms with Crippen molar-refractivity contribution in [2.45, 2.75) is 25.9 Å². The highest BCUT2D eigenvalue weighted by atomic mass is 16.5. The molecule has 2 aromatic carbocycles. The van der Waals surface area contributed by atoms with Crippen LogP contribution in [0.2, 0.25) is 0 Å². The number of carbonyl (C=O) groups excluding carboxylic acids is 1. The Balaban J connectivity index is 1.47. The summed E-state index contributed by atoms with van der Waals surface area (Å²) in [4.78, 5) is 17.4. The summed E-state index contributed by atoms with van der Waals surface area (Å²) in [5.74, 6) is 1.10. The molecule has 2 aliphatic heterocycles. The van der Waals surface area contributed by atoms with Gasteiger partial charge in [0, 0.05) is 38.0 Å². The minimum Gasteiger partial charge on any atom is -0.497 e.